The highest BCUT2D eigenvalue weighted by molar-refractivity contribution is 7.17. The van der Waals surface area contributed by atoms with E-state index >= 15 is 0 Å². The number of aliphatic hydroxyl groups excluding tert-OH is 1. The van der Waals surface area contributed by atoms with Crippen molar-refractivity contribution in [3.8, 4) is 0 Å². The number of aromatic nitrogens is 1. The fourth-order valence-electron chi connectivity index (χ4n) is 1.99. The van der Waals surface area contributed by atoms with Gasteiger partial charge in [0.05, 0.1) is 0 Å². The van der Waals surface area contributed by atoms with E-state index in [1.54, 1.807) is 11.3 Å². The van der Waals surface area contributed by atoms with E-state index in [9.17, 15) is 0 Å². The van der Waals surface area contributed by atoms with Gasteiger partial charge in [-0.05, 0) is 17.5 Å². The minimum atomic E-state index is 0.288. The van der Waals surface area contributed by atoms with Gasteiger partial charge in [-0.15, -0.1) is 11.3 Å². The first-order chi connectivity index (χ1) is 7.38. The summed E-state index contributed by atoms with van der Waals surface area (Å²) in [5, 5.41) is 12.3. The summed E-state index contributed by atoms with van der Waals surface area (Å²) in [5.74, 6) is 1.50. The van der Waals surface area contributed by atoms with Crippen LogP contribution in [0.25, 0.3) is 10.1 Å². The monoisotopic (exact) mass is 220 g/mol. The molecule has 78 valence electrons. The quantitative estimate of drug-likeness (QED) is 0.837. The molecule has 3 nitrogen and oxygen atoms in total. The molecule has 0 atom stereocenters. The third kappa shape index (κ3) is 1.41. The number of pyridine rings is 1. The van der Waals surface area contributed by atoms with Crippen LogP contribution in [0.15, 0.2) is 23.7 Å². The second kappa shape index (κ2) is 3.47. The molecular formula is C11H12N2OS. The van der Waals surface area contributed by atoms with E-state index in [0.717, 1.165) is 18.9 Å². The highest BCUT2D eigenvalue weighted by atomic mass is 32.1. The minimum absolute atomic E-state index is 0.288. The molecule has 0 unspecified atom stereocenters. The molecule has 3 heterocycles. The average Bonchev–Trinajstić information content (AvgIpc) is 2.64. The van der Waals surface area contributed by atoms with Gasteiger partial charge in [0, 0.05) is 41.9 Å². The minimum Gasteiger partial charge on any atom is -0.396 e. The molecule has 1 fully saturated rings. The summed E-state index contributed by atoms with van der Waals surface area (Å²) in [6.07, 6.45) is 1.86. The molecule has 0 bridgehead atoms. The zero-order chi connectivity index (χ0) is 10.3. The lowest BCUT2D eigenvalue weighted by molar-refractivity contribution is 0.200. The van der Waals surface area contributed by atoms with Gasteiger partial charge in [0.15, 0.2) is 0 Å². The Labute approximate surface area is 92.0 Å². The topological polar surface area (TPSA) is 36.4 Å². The maximum absolute atomic E-state index is 8.98. The van der Waals surface area contributed by atoms with E-state index in [1.807, 2.05) is 12.3 Å². The molecule has 2 aromatic heterocycles. The Hall–Kier alpha value is -1.13. The third-order valence-corrected chi connectivity index (χ3v) is 3.76. The number of fused-ring (bicyclic) bond motifs is 1. The van der Waals surface area contributed by atoms with Crippen molar-refractivity contribution < 1.29 is 5.11 Å². The number of thiophene rings is 1. The number of anilines is 1. The van der Waals surface area contributed by atoms with Crippen LogP contribution in [-0.4, -0.2) is 29.8 Å². The number of aliphatic hydroxyl groups is 1. The zero-order valence-corrected chi connectivity index (χ0v) is 9.07. The average molecular weight is 220 g/mol. The van der Waals surface area contributed by atoms with Crippen molar-refractivity contribution >= 4 is 27.2 Å². The van der Waals surface area contributed by atoms with E-state index in [1.165, 1.54) is 10.1 Å². The Morgan fingerprint density at radius 2 is 2.33 bits per heavy atom. The standard InChI is InChI=1S/C11H12N2OS/c14-7-8-5-13(6-8)11-9-2-4-15-10(9)1-3-12-11/h1-4,8,14H,5-7H2. The van der Waals surface area contributed by atoms with Crippen molar-refractivity contribution in [1.29, 1.82) is 0 Å². The maximum Gasteiger partial charge on any atom is 0.137 e. The lowest BCUT2D eigenvalue weighted by Crippen LogP contribution is -2.48. The summed E-state index contributed by atoms with van der Waals surface area (Å²) >= 11 is 1.74. The number of hydrogen-bond donors (Lipinski definition) is 1. The molecule has 0 radical (unpaired) electrons. The molecule has 1 N–H and O–H groups in total. The SMILES string of the molecule is OCC1CN(c2nccc3sccc23)C1. The number of nitrogens with zero attached hydrogens (tertiary/aromatic N) is 2. The van der Waals surface area contributed by atoms with Crippen LogP contribution in [0.2, 0.25) is 0 Å². The molecule has 3 rings (SSSR count). The second-order valence-corrected chi connectivity index (χ2v) is 4.87. The Kier molecular flexibility index (Phi) is 2.11. The Morgan fingerprint density at radius 1 is 1.47 bits per heavy atom. The fraction of sp³-hybridized carbons (Fsp3) is 0.364. The van der Waals surface area contributed by atoms with Crippen LogP contribution in [0.3, 0.4) is 0 Å². The van der Waals surface area contributed by atoms with Crippen molar-refractivity contribution in [1.82, 2.24) is 4.98 Å². The van der Waals surface area contributed by atoms with Crippen LogP contribution in [0.5, 0.6) is 0 Å². The van der Waals surface area contributed by atoms with Gasteiger partial charge in [-0.3, -0.25) is 0 Å². The molecule has 0 spiro atoms. The predicted molar refractivity (Wildman–Crippen MR) is 62.4 cm³/mol. The van der Waals surface area contributed by atoms with Crippen LogP contribution in [0, 0.1) is 5.92 Å². The number of hydrogen-bond acceptors (Lipinski definition) is 4. The van der Waals surface area contributed by atoms with Crippen LogP contribution in [-0.2, 0) is 0 Å². The van der Waals surface area contributed by atoms with Gasteiger partial charge in [0.1, 0.15) is 5.82 Å². The summed E-state index contributed by atoms with van der Waals surface area (Å²) < 4.78 is 1.28. The van der Waals surface area contributed by atoms with Crippen LogP contribution < -0.4 is 4.90 Å². The predicted octanol–water partition coefficient (Wildman–Crippen LogP) is 1.72. The Morgan fingerprint density at radius 3 is 3.13 bits per heavy atom. The first kappa shape index (κ1) is 9.12. The summed E-state index contributed by atoms with van der Waals surface area (Å²) in [6.45, 7) is 2.15. The lowest BCUT2D eigenvalue weighted by Gasteiger charge is -2.39. The molecule has 1 aliphatic heterocycles. The van der Waals surface area contributed by atoms with Crippen molar-refractivity contribution in [2.75, 3.05) is 24.6 Å². The van der Waals surface area contributed by atoms with Gasteiger partial charge in [-0.25, -0.2) is 4.98 Å². The smallest absolute Gasteiger partial charge is 0.137 e. The van der Waals surface area contributed by atoms with Crippen LogP contribution >= 0.6 is 11.3 Å². The van der Waals surface area contributed by atoms with Gasteiger partial charge in [0.2, 0.25) is 0 Å². The van der Waals surface area contributed by atoms with Gasteiger partial charge >= 0.3 is 0 Å². The summed E-state index contributed by atoms with van der Waals surface area (Å²) in [6, 6.07) is 4.17. The molecule has 0 amide bonds. The van der Waals surface area contributed by atoms with Gasteiger partial charge in [0.25, 0.3) is 0 Å². The summed E-state index contributed by atoms with van der Waals surface area (Å²) in [5.41, 5.74) is 0. The normalized spacial score (nSPS) is 17.0. The van der Waals surface area contributed by atoms with Crippen molar-refractivity contribution in [3.63, 3.8) is 0 Å². The van der Waals surface area contributed by atoms with E-state index in [2.05, 4.69) is 21.3 Å². The molecule has 1 aliphatic rings. The molecular weight excluding hydrogens is 208 g/mol. The highest BCUT2D eigenvalue weighted by Crippen LogP contribution is 2.31. The second-order valence-electron chi connectivity index (χ2n) is 3.92. The molecule has 15 heavy (non-hydrogen) atoms. The lowest BCUT2D eigenvalue weighted by atomic mass is 10.0. The highest BCUT2D eigenvalue weighted by Gasteiger charge is 2.27. The summed E-state index contributed by atoms with van der Waals surface area (Å²) in [7, 11) is 0. The van der Waals surface area contributed by atoms with E-state index in [-0.39, 0.29) is 6.61 Å². The third-order valence-electron chi connectivity index (χ3n) is 2.87. The van der Waals surface area contributed by atoms with E-state index < -0.39 is 0 Å². The largest absolute Gasteiger partial charge is 0.396 e. The summed E-state index contributed by atoms with van der Waals surface area (Å²) in [4.78, 5) is 6.65. The molecule has 0 aliphatic carbocycles. The molecule has 0 aromatic carbocycles. The van der Waals surface area contributed by atoms with Crippen molar-refractivity contribution in [2.24, 2.45) is 5.92 Å². The van der Waals surface area contributed by atoms with Gasteiger partial charge in [-0.1, -0.05) is 0 Å². The van der Waals surface area contributed by atoms with E-state index in [0.29, 0.717) is 5.92 Å². The van der Waals surface area contributed by atoms with Gasteiger partial charge < -0.3 is 10.0 Å². The maximum atomic E-state index is 8.98. The zero-order valence-electron chi connectivity index (χ0n) is 8.26. The van der Waals surface area contributed by atoms with Crippen molar-refractivity contribution in [3.05, 3.63) is 23.7 Å². The van der Waals surface area contributed by atoms with E-state index in [4.69, 9.17) is 5.11 Å². The first-order valence-corrected chi connectivity index (χ1v) is 5.94. The first-order valence-electron chi connectivity index (χ1n) is 5.06. The van der Waals surface area contributed by atoms with Crippen molar-refractivity contribution in [2.45, 2.75) is 0 Å². The van der Waals surface area contributed by atoms with Gasteiger partial charge in [-0.2, -0.15) is 0 Å². The molecule has 1 saturated heterocycles. The van der Waals surface area contributed by atoms with Crippen LogP contribution in [0.4, 0.5) is 5.82 Å². The fourth-order valence-corrected chi connectivity index (χ4v) is 2.77. The van der Waals surface area contributed by atoms with Crippen LogP contribution in [0.1, 0.15) is 0 Å². The molecule has 0 saturated carbocycles. The Balaban J connectivity index is 1.95. The Bertz CT molecular complexity index is 476. The number of rotatable bonds is 2. The molecule has 4 heteroatoms. The molecule has 2 aromatic rings.